The van der Waals surface area contributed by atoms with Gasteiger partial charge >= 0.3 is 5.97 Å². The maximum atomic E-state index is 11.2. The van der Waals surface area contributed by atoms with Gasteiger partial charge in [-0.15, -0.1) is 11.8 Å². The number of aromatic nitrogens is 1. The number of rotatable bonds is 10. The van der Waals surface area contributed by atoms with Crippen molar-refractivity contribution in [3.05, 3.63) is 65.5 Å². The topological polar surface area (TPSA) is 64.8 Å². The first kappa shape index (κ1) is 22.7. The van der Waals surface area contributed by atoms with Crippen molar-refractivity contribution in [3.8, 4) is 17.2 Å². The standard InChI is InChI=1S/C24H28N2O4S/c1-17-22(25-24(30-17)19-8-10-20(11-9-19)26(2)3)12-13-29-21-7-5-6-18(14-21)15-31-16-23(27)28-4/h5-11,14H,12-13,15-16H2,1-4H3. The van der Waals surface area contributed by atoms with Gasteiger partial charge in [0.05, 0.1) is 25.2 Å². The molecule has 0 fully saturated rings. The second-order valence-corrected chi connectivity index (χ2v) is 8.26. The number of oxazole rings is 1. The molecule has 0 radical (unpaired) electrons. The Kier molecular flexibility index (Phi) is 8.00. The smallest absolute Gasteiger partial charge is 0.315 e. The lowest BCUT2D eigenvalue weighted by Gasteiger charge is -2.11. The van der Waals surface area contributed by atoms with Crippen LogP contribution in [-0.2, 0) is 21.7 Å². The fourth-order valence-electron chi connectivity index (χ4n) is 2.99. The minimum Gasteiger partial charge on any atom is -0.493 e. The van der Waals surface area contributed by atoms with Crippen molar-refractivity contribution in [2.45, 2.75) is 19.1 Å². The number of hydrogen-bond donors (Lipinski definition) is 0. The molecule has 0 atom stereocenters. The molecule has 0 aliphatic rings. The molecule has 0 aliphatic heterocycles. The van der Waals surface area contributed by atoms with Gasteiger partial charge in [-0.2, -0.15) is 0 Å². The van der Waals surface area contributed by atoms with Crippen molar-refractivity contribution in [1.29, 1.82) is 0 Å². The van der Waals surface area contributed by atoms with E-state index >= 15 is 0 Å². The molecule has 3 rings (SSSR count). The number of esters is 1. The van der Waals surface area contributed by atoms with Crippen LogP contribution in [0.3, 0.4) is 0 Å². The molecule has 0 bridgehead atoms. The number of benzene rings is 2. The average molecular weight is 441 g/mol. The van der Waals surface area contributed by atoms with E-state index in [1.165, 1.54) is 18.9 Å². The summed E-state index contributed by atoms with van der Waals surface area (Å²) in [6.45, 7) is 2.43. The zero-order chi connectivity index (χ0) is 22.2. The summed E-state index contributed by atoms with van der Waals surface area (Å²) >= 11 is 1.52. The Bertz CT molecular complexity index is 999. The van der Waals surface area contributed by atoms with E-state index in [1.807, 2.05) is 69.6 Å². The average Bonchev–Trinajstić information content (AvgIpc) is 3.14. The Morgan fingerprint density at radius 2 is 1.94 bits per heavy atom. The molecule has 0 saturated carbocycles. The molecule has 1 aromatic heterocycles. The number of anilines is 1. The molecule has 164 valence electrons. The Morgan fingerprint density at radius 1 is 1.16 bits per heavy atom. The van der Waals surface area contributed by atoms with Crippen LogP contribution in [-0.4, -0.2) is 44.5 Å². The van der Waals surface area contributed by atoms with Crippen LogP contribution in [0.1, 0.15) is 17.0 Å². The lowest BCUT2D eigenvalue weighted by atomic mass is 10.2. The molecule has 6 nitrogen and oxygen atoms in total. The molecule has 0 unspecified atom stereocenters. The van der Waals surface area contributed by atoms with Gasteiger partial charge < -0.3 is 18.8 Å². The molecule has 0 spiro atoms. The predicted molar refractivity (Wildman–Crippen MR) is 125 cm³/mol. The van der Waals surface area contributed by atoms with E-state index in [0.717, 1.165) is 39.8 Å². The summed E-state index contributed by atoms with van der Waals surface area (Å²) < 4.78 is 16.5. The number of thioether (sulfide) groups is 1. The van der Waals surface area contributed by atoms with Crippen LogP contribution in [0.4, 0.5) is 5.69 Å². The van der Waals surface area contributed by atoms with Crippen molar-refractivity contribution >= 4 is 23.4 Å². The van der Waals surface area contributed by atoms with E-state index in [0.29, 0.717) is 24.7 Å². The first-order valence-electron chi connectivity index (χ1n) is 10.1. The number of nitrogens with zero attached hydrogens (tertiary/aromatic N) is 2. The van der Waals surface area contributed by atoms with E-state index in [2.05, 4.69) is 14.6 Å². The second-order valence-electron chi connectivity index (χ2n) is 7.28. The molecule has 31 heavy (non-hydrogen) atoms. The zero-order valence-electron chi connectivity index (χ0n) is 18.4. The van der Waals surface area contributed by atoms with Crippen LogP contribution >= 0.6 is 11.8 Å². The van der Waals surface area contributed by atoms with Gasteiger partial charge in [-0.3, -0.25) is 4.79 Å². The van der Waals surface area contributed by atoms with Gasteiger partial charge in [0, 0.05) is 37.5 Å². The highest BCUT2D eigenvalue weighted by molar-refractivity contribution is 7.99. The van der Waals surface area contributed by atoms with Crippen molar-refractivity contribution in [3.63, 3.8) is 0 Å². The fourth-order valence-corrected chi connectivity index (χ4v) is 3.79. The van der Waals surface area contributed by atoms with E-state index in [1.54, 1.807) is 0 Å². The van der Waals surface area contributed by atoms with Crippen LogP contribution in [0.5, 0.6) is 5.75 Å². The van der Waals surface area contributed by atoms with Gasteiger partial charge in [0.2, 0.25) is 5.89 Å². The molecular weight excluding hydrogens is 412 g/mol. The van der Waals surface area contributed by atoms with Crippen LogP contribution in [0.25, 0.3) is 11.5 Å². The minimum atomic E-state index is -0.214. The maximum absolute atomic E-state index is 11.2. The van der Waals surface area contributed by atoms with Crippen LogP contribution < -0.4 is 9.64 Å². The highest BCUT2D eigenvalue weighted by Crippen LogP contribution is 2.25. The van der Waals surface area contributed by atoms with Crippen molar-refractivity contribution in [1.82, 2.24) is 4.98 Å². The van der Waals surface area contributed by atoms with Crippen LogP contribution in [0.15, 0.2) is 52.9 Å². The number of hydrogen-bond acceptors (Lipinski definition) is 7. The Labute approximate surface area is 187 Å². The van der Waals surface area contributed by atoms with Gasteiger partial charge in [-0.05, 0) is 48.9 Å². The van der Waals surface area contributed by atoms with E-state index in [4.69, 9.17) is 9.15 Å². The molecular formula is C24H28N2O4S. The van der Waals surface area contributed by atoms with Crippen LogP contribution in [0, 0.1) is 6.92 Å². The first-order chi connectivity index (χ1) is 15.0. The lowest BCUT2D eigenvalue weighted by molar-refractivity contribution is -0.137. The molecule has 0 saturated heterocycles. The van der Waals surface area contributed by atoms with Gasteiger partial charge in [-0.1, -0.05) is 12.1 Å². The van der Waals surface area contributed by atoms with Gasteiger partial charge in [0.15, 0.2) is 0 Å². The van der Waals surface area contributed by atoms with E-state index < -0.39 is 0 Å². The molecule has 3 aromatic rings. The van der Waals surface area contributed by atoms with Gasteiger partial charge in [0.25, 0.3) is 0 Å². The summed E-state index contributed by atoms with van der Waals surface area (Å²) in [6.07, 6.45) is 0.659. The third-order valence-corrected chi connectivity index (χ3v) is 5.72. The molecule has 7 heteroatoms. The number of carbonyl (C=O) groups excluding carboxylic acids is 1. The highest BCUT2D eigenvalue weighted by Gasteiger charge is 2.12. The second kappa shape index (κ2) is 10.9. The lowest BCUT2D eigenvalue weighted by Crippen LogP contribution is -2.07. The highest BCUT2D eigenvalue weighted by atomic mass is 32.2. The first-order valence-corrected chi connectivity index (χ1v) is 11.2. The number of ether oxygens (including phenoxy) is 2. The van der Waals surface area contributed by atoms with Gasteiger partial charge in [-0.25, -0.2) is 4.98 Å². The minimum absolute atomic E-state index is 0.214. The quantitative estimate of drug-likeness (QED) is 0.422. The number of methoxy groups -OCH3 is 1. The zero-order valence-corrected chi connectivity index (χ0v) is 19.2. The third-order valence-electron chi connectivity index (χ3n) is 4.75. The van der Waals surface area contributed by atoms with E-state index in [9.17, 15) is 4.79 Å². The van der Waals surface area contributed by atoms with Gasteiger partial charge in [0.1, 0.15) is 11.5 Å². The third kappa shape index (κ3) is 6.52. The Balaban J connectivity index is 1.54. The molecule has 2 aromatic carbocycles. The summed E-state index contributed by atoms with van der Waals surface area (Å²) in [7, 11) is 5.43. The largest absolute Gasteiger partial charge is 0.493 e. The monoisotopic (exact) mass is 440 g/mol. The Hall–Kier alpha value is -2.93. The SMILES string of the molecule is COC(=O)CSCc1cccc(OCCc2nc(-c3ccc(N(C)C)cc3)oc2C)c1. The fraction of sp³-hybridized carbons (Fsp3) is 0.333. The maximum Gasteiger partial charge on any atom is 0.315 e. The Morgan fingerprint density at radius 3 is 2.65 bits per heavy atom. The predicted octanol–water partition coefficient (Wildman–Crippen LogP) is 4.74. The summed E-state index contributed by atoms with van der Waals surface area (Å²) in [6, 6.07) is 16.0. The number of aryl methyl sites for hydroxylation is 1. The summed E-state index contributed by atoms with van der Waals surface area (Å²) in [5.41, 5.74) is 4.09. The summed E-state index contributed by atoms with van der Waals surface area (Å²) in [5.74, 6) is 3.09. The van der Waals surface area contributed by atoms with Crippen molar-refractivity contribution < 1.29 is 18.7 Å². The number of carbonyl (C=O) groups is 1. The summed E-state index contributed by atoms with van der Waals surface area (Å²) in [5, 5.41) is 0. The van der Waals surface area contributed by atoms with E-state index in [-0.39, 0.29) is 5.97 Å². The van der Waals surface area contributed by atoms with Crippen molar-refractivity contribution in [2.75, 3.05) is 38.5 Å². The molecule has 0 aliphatic carbocycles. The molecule has 0 amide bonds. The molecule has 1 heterocycles. The van der Waals surface area contributed by atoms with Crippen LogP contribution in [0.2, 0.25) is 0 Å². The van der Waals surface area contributed by atoms with Crippen molar-refractivity contribution in [2.24, 2.45) is 0 Å². The normalized spacial score (nSPS) is 10.7. The summed E-state index contributed by atoms with van der Waals surface area (Å²) in [4.78, 5) is 17.9. The molecule has 0 N–H and O–H groups in total.